The Morgan fingerprint density at radius 1 is 1.17 bits per heavy atom. The van der Waals surface area contributed by atoms with Gasteiger partial charge in [0.15, 0.2) is 0 Å². The van der Waals surface area contributed by atoms with Gasteiger partial charge in [0.2, 0.25) is 0 Å². The fourth-order valence-electron chi connectivity index (χ4n) is 2.39. The highest BCUT2D eigenvalue weighted by Gasteiger charge is 2.11. The molecule has 23 heavy (non-hydrogen) atoms. The Bertz CT molecular complexity index is 655. The second kappa shape index (κ2) is 7.68. The van der Waals surface area contributed by atoms with Gasteiger partial charge in [0.1, 0.15) is 5.75 Å². The lowest BCUT2D eigenvalue weighted by molar-refractivity contribution is 0.102. The lowest BCUT2D eigenvalue weighted by atomic mass is 10.1. The van der Waals surface area contributed by atoms with Crippen LogP contribution in [0.3, 0.4) is 0 Å². The lowest BCUT2D eigenvalue weighted by Crippen LogP contribution is -2.14. The number of nitrogens with two attached hydrogens (primary N) is 1. The van der Waals surface area contributed by atoms with Crippen LogP contribution in [0, 0.1) is 13.8 Å². The Balaban J connectivity index is 2.06. The molecule has 0 atom stereocenters. The molecule has 0 saturated heterocycles. The van der Waals surface area contributed by atoms with E-state index in [1.807, 2.05) is 38.1 Å². The molecule has 0 aliphatic rings. The topological polar surface area (TPSA) is 64.3 Å². The quantitative estimate of drug-likeness (QED) is 0.617. The molecular formula is C19H24N2O2. The van der Waals surface area contributed by atoms with Crippen molar-refractivity contribution in [1.29, 1.82) is 0 Å². The summed E-state index contributed by atoms with van der Waals surface area (Å²) in [6, 6.07) is 11.0. The summed E-state index contributed by atoms with van der Waals surface area (Å²) in [4.78, 5) is 12.4. The van der Waals surface area contributed by atoms with Crippen molar-refractivity contribution in [1.82, 2.24) is 0 Å². The molecule has 0 spiro atoms. The van der Waals surface area contributed by atoms with Gasteiger partial charge in [0.25, 0.3) is 5.91 Å². The number of benzene rings is 2. The average Bonchev–Trinajstić information content (AvgIpc) is 2.51. The molecule has 122 valence electrons. The Labute approximate surface area is 137 Å². The van der Waals surface area contributed by atoms with Gasteiger partial charge in [-0.1, -0.05) is 19.4 Å². The van der Waals surface area contributed by atoms with E-state index < -0.39 is 0 Å². The van der Waals surface area contributed by atoms with E-state index in [1.165, 1.54) is 0 Å². The molecule has 4 heteroatoms. The smallest absolute Gasteiger partial charge is 0.255 e. The summed E-state index contributed by atoms with van der Waals surface area (Å²) in [7, 11) is 0. The van der Waals surface area contributed by atoms with E-state index in [0.717, 1.165) is 29.7 Å². The third-order valence-electron chi connectivity index (χ3n) is 3.63. The predicted octanol–water partition coefficient (Wildman–Crippen LogP) is 4.32. The number of nitrogens with one attached hydrogen (secondary N) is 1. The Morgan fingerprint density at radius 2 is 1.87 bits per heavy atom. The first-order valence-electron chi connectivity index (χ1n) is 7.92. The van der Waals surface area contributed by atoms with Crippen LogP contribution in [0.5, 0.6) is 5.75 Å². The molecule has 0 aliphatic carbocycles. The third kappa shape index (κ3) is 4.49. The van der Waals surface area contributed by atoms with Crippen LogP contribution in [0.15, 0.2) is 36.4 Å². The zero-order chi connectivity index (χ0) is 16.8. The second-order valence-corrected chi connectivity index (χ2v) is 5.73. The molecule has 2 aromatic rings. The van der Waals surface area contributed by atoms with Crippen LogP contribution in [0.4, 0.5) is 11.4 Å². The summed E-state index contributed by atoms with van der Waals surface area (Å²) in [6.07, 6.45) is 2.12. The minimum absolute atomic E-state index is 0.177. The standard InChI is InChI=1S/C19H24N2O2/c1-4-5-10-23-16-8-6-15(7-9-16)19(22)21-18-14(3)11-13(2)12-17(18)20/h6-9,11-12H,4-5,10,20H2,1-3H3,(H,21,22). The van der Waals surface area contributed by atoms with Gasteiger partial charge in [-0.05, 0) is 61.7 Å². The second-order valence-electron chi connectivity index (χ2n) is 5.73. The number of hydrogen-bond acceptors (Lipinski definition) is 3. The first-order chi connectivity index (χ1) is 11.0. The van der Waals surface area contributed by atoms with E-state index in [9.17, 15) is 4.79 Å². The number of rotatable bonds is 6. The monoisotopic (exact) mass is 312 g/mol. The van der Waals surface area contributed by atoms with Gasteiger partial charge < -0.3 is 15.8 Å². The molecule has 0 aliphatic heterocycles. The van der Waals surface area contributed by atoms with Gasteiger partial charge in [0.05, 0.1) is 18.0 Å². The maximum atomic E-state index is 12.4. The average molecular weight is 312 g/mol. The number of aryl methyl sites for hydroxylation is 2. The minimum Gasteiger partial charge on any atom is -0.494 e. The predicted molar refractivity (Wildman–Crippen MR) is 95.1 cm³/mol. The summed E-state index contributed by atoms with van der Waals surface area (Å²) in [5.74, 6) is 0.602. The molecule has 0 unspecified atom stereocenters. The van der Waals surface area contributed by atoms with Gasteiger partial charge in [-0.15, -0.1) is 0 Å². The fourth-order valence-corrected chi connectivity index (χ4v) is 2.39. The summed E-state index contributed by atoms with van der Waals surface area (Å²) >= 11 is 0. The number of anilines is 2. The van der Waals surface area contributed by atoms with Crippen molar-refractivity contribution in [3.05, 3.63) is 53.1 Å². The fraction of sp³-hybridized carbons (Fsp3) is 0.316. The van der Waals surface area contributed by atoms with E-state index in [2.05, 4.69) is 12.2 Å². The zero-order valence-electron chi connectivity index (χ0n) is 14.0. The van der Waals surface area contributed by atoms with Crippen molar-refractivity contribution < 1.29 is 9.53 Å². The highest BCUT2D eigenvalue weighted by Crippen LogP contribution is 2.25. The van der Waals surface area contributed by atoms with Crippen LogP contribution in [-0.2, 0) is 0 Å². The number of unbranched alkanes of at least 4 members (excludes halogenated alkanes) is 1. The molecule has 0 radical (unpaired) electrons. The number of amides is 1. The van der Waals surface area contributed by atoms with E-state index in [4.69, 9.17) is 10.5 Å². The highest BCUT2D eigenvalue weighted by atomic mass is 16.5. The molecule has 4 nitrogen and oxygen atoms in total. The molecule has 0 aromatic heterocycles. The first-order valence-corrected chi connectivity index (χ1v) is 7.92. The van der Waals surface area contributed by atoms with Gasteiger partial charge in [0, 0.05) is 5.56 Å². The molecule has 3 N–H and O–H groups in total. The normalized spacial score (nSPS) is 10.4. The molecule has 1 amide bonds. The van der Waals surface area contributed by atoms with Gasteiger partial charge in [-0.3, -0.25) is 4.79 Å². The van der Waals surface area contributed by atoms with Crippen molar-refractivity contribution >= 4 is 17.3 Å². The number of carbonyl (C=O) groups is 1. The van der Waals surface area contributed by atoms with E-state index in [0.29, 0.717) is 23.5 Å². The van der Waals surface area contributed by atoms with Crippen molar-refractivity contribution in [2.24, 2.45) is 0 Å². The molecule has 0 bridgehead atoms. The summed E-state index contributed by atoms with van der Waals surface area (Å²) in [6.45, 7) is 6.73. The Kier molecular flexibility index (Phi) is 5.63. The summed E-state index contributed by atoms with van der Waals surface area (Å²) in [5, 5.41) is 2.89. The number of hydrogen-bond donors (Lipinski definition) is 2. The minimum atomic E-state index is -0.177. The van der Waals surface area contributed by atoms with Crippen LogP contribution in [0.1, 0.15) is 41.3 Å². The van der Waals surface area contributed by atoms with Crippen LogP contribution < -0.4 is 15.8 Å². The van der Waals surface area contributed by atoms with Gasteiger partial charge in [-0.25, -0.2) is 0 Å². The van der Waals surface area contributed by atoms with Crippen molar-refractivity contribution in [3.8, 4) is 5.75 Å². The van der Waals surface area contributed by atoms with E-state index in [1.54, 1.807) is 12.1 Å². The number of nitrogen functional groups attached to an aromatic ring is 1. The Hall–Kier alpha value is -2.49. The van der Waals surface area contributed by atoms with E-state index in [-0.39, 0.29) is 5.91 Å². The third-order valence-corrected chi connectivity index (χ3v) is 3.63. The molecule has 0 saturated carbocycles. The van der Waals surface area contributed by atoms with Crippen LogP contribution in [-0.4, -0.2) is 12.5 Å². The SMILES string of the molecule is CCCCOc1ccc(C(=O)Nc2c(C)cc(C)cc2N)cc1. The number of ether oxygens (including phenoxy) is 1. The highest BCUT2D eigenvalue weighted by molar-refractivity contribution is 6.06. The molecule has 2 aromatic carbocycles. The van der Waals surface area contributed by atoms with Crippen molar-refractivity contribution in [3.63, 3.8) is 0 Å². The molecule has 2 rings (SSSR count). The zero-order valence-corrected chi connectivity index (χ0v) is 14.0. The largest absolute Gasteiger partial charge is 0.494 e. The summed E-state index contributed by atoms with van der Waals surface area (Å²) in [5.41, 5.74) is 9.86. The van der Waals surface area contributed by atoms with Crippen molar-refractivity contribution in [2.45, 2.75) is 33.6 Å². The van der Waals surface area contributed by atoms with Gasteiger partial charge in [-0.2, -0.15) is 0 Å². The molecular weight excluding hydrogens is 288 g/mol. The molecule has 0 heterocycles. The van der Waals surface area contributed by atoms with E-state index >= 15 is 0 Å². The van der Waals surface area contributed by atoms with Crippen LogP contribution in [0.25, 0.3) is 0 Å². The molecule has 0 fully saturated rings. The van der Waals surface area contributed by atoms with Crippen LogP contribution in [0.2, 0.25) is 0 Å². The first kappa shape index (κ1) is 16.9. The Morgan fingerprint density at radius 3 is 2.48 bits per heavy atom. The maximum absolute atomic E-state index is 12.4. The van der Waals surface area contributed by atoms with Gasteiger partial charge >= 0.3 is 0 Å². The maximum Gasteiger partial charge on any atom is 0.255 e. The lowest BCUT2D eigenvalue weighted by Gasteiger charge is -2.13. The van der Waals surface area contributed by atoms with Crippen LogP contribution >= 0.6 is 0 Å². The number of carbonyl (C=O) groups excluding carboxylic acids is 1. The van der Waals surface area contributed by atoms with Crippen molar-refractivity contribution in [2.75, 3.05) is 17.7 Å². The summed E-state index contributed by atoms with van der Waals surface area (Å²) < 4.78 is 5.60.